The van der Waals surface area contributed by atoms with E-state index in [1.165, 1.54) is 0 Å². The van der Waals surface area contributed by atoms with Crippen LogP contribution in [0.3, 0.4) is 0 Å². The molecule has 0 bridgehead atoms. The van der Waals surface area contributed by atoms with Gasteiger partial charge in [-0.25, -0.2) is 0 Å². The first kappa shape index (κ1) is 11.3. The average Bonchev–Trinajstić information content (AvgIpc) is 1.88. The number of rotatable bonds is 1. The molecular weight excluding hydrogens is 349 g/mol. The summed E-state index contributed by atoms with van der Waals surface area (Å²) in [6.45, 7) is 1.91. The zero-order valence-electron chi connectivity index (χ0n) is 6.24. The first-order valence-electron chi connectivity index (χ1n) is 2.86. The van der Waals surface area contributed by atoms with Crippen molar-refractivity contribution in [2.45, 2.75) is 11.8 Å². The van der Waals surface area contributed by atoms with Crippen LogP contribution in [0.5, 0.6) is 0 Å². The van der Waals surface area contributed by atoms with Gasteiger partial charge in [0.05, 0.1) is 0 Å². The number of hydrogen-bond donors (Lipinski definition) is 0. The molecule has 0 aromatic heterocycles. The van der Waals surface area contributed by atoms with E-state index in [0.29, 0.717) is 4.90 Å². The van der Waals surface area contributed by atoms with Gasteiger partial charge in [0, 0.05) is 32.6 Å². The van der Waals surface area contributed by atoms with E-state index >= 15 is 0 Å². The van der Waals surface area contributed by atoms with Gasteiger partial charge in [0.1, 0.15) is 0 Å². The molecule has 0 heterocycles. The molecule has 2 nitrogen and oxygen atoms in total. The van der Waals surface area contributed by atoms with Crippen LogP contribution in [-0.4, -0.2) is 8.76 Å². The van der Waals surface area contributed by atoms with Crippen molar-refractivity contribution in [3.05, 3.63) is 29.8 Å². The van der Waals surface area contributed by atoms with Crippen molar-refractivity contribution in [1.82, 2.24) is 0 Å². The van der Waals surface area contributed by atoms with Crippen LogP contribution < -0.4 is 0 Å². The predicted octanol–water partition coefficient (Wildman–Crippen LogP) is 1.23. The van der Waals surface area contributed by atoms with Crippen LogP contribution in [0.2, 0.25) is 0 Å². The van der Waals surface area contributed by atoms with Crippen LogP contribution in [0, 0.1) is 6.92 Å². The van der Waals surface area contributed by atoms with E-state index in [1.54, 1.807) is 24.3 Å². The Morgan fingerprint density at radius 3 is 2.09 bits per heavy atom. The third kappa shape index (κ3) is 3.45. The fraction of sp³-hybridized carbons (Fsp3) is 0.143. The minimum atomic E-state index is -2.09. The monoisotopic (exact) mass is 357 g/mol. The molecule has 56 valence electrons. The Labute approximate surface area is 88.8 Å². The van der Waals surface area contributed by atoms with E-state index in [2.05, 4.69) is 0 Å². The second-order valence-electron chi connectivity index (χ2n) is 2.05. The van der Waals surface area contributed by atoms with Crippen molar-refractivity contribution in [3.8, 4) is 0 Å². The van der Waals surface area contributed by atoms with Gasteiger partial charge in [0.15, 0.2) is 0 Å². The summed E-state index contributed by atoms with van der Waals surface area (Å²) in [4.78, 5) is 0.339. The summed E-state index contributed by atoms with van der Waals surface area (Å²) >= 11 is -2.09. The maximum Gasteiger partial charge on any atom is 0.0248 e. The quantitative estimate of drug-likeness (QED) is 0.561. The van der Waals surface area contributed by atoms with Gasteiger partial charge in [0.25, 0.3) is 0 Å². The Morgan fingerprint density at radius 1 is 1.27 bits per heavy atom. The largest absolute Gasteiger partial charge is 0.768 e. The summed E-state index contributed by atoms with van der Waals surface area (Å²) in [6.07, 6.45) is 0. The van der Waals surface area contributed by atoms with Gasteiger partial charge in [-0.3, -0.25) is 4.21 Å². The second kappa shape index (κ2) is 5.01. The zero-order chi connectivity index (χ0) is 7.56. The Bertz CT molecular complexity index is 245. The van der Waals surface area contributed by atoms with Gasteiger partial charge in [-0.2, -0.15) is 0 Å². The normalized spacial score (nSPS) is 11.8. The second-order valence-corrected chi connectivity index (χ2v) is 2.99. The van der Waals surface area contributed by atoms with Crippen LogP contribution in [-0.2, 0) is 38.7 Å². The molecule has 0 aliphatic heterocycles. The van der Waals surface area contributed by atoms with E-state index in [1.807, 2.05) is 6.92 Å². The van der Waals surface area contributed by atoms with Crippen LogP contribution in [0.1, 0.15) is 5.56 Å². The van der Waals surface area contributed by atoms with Gasteiger partial charge < -0.3 is 4.55 Å². The molecule has 0 saturated heterocycles. The van der Waals surface area contributed by atoms with Gasteiger partial charge in [0.2, 0.25) is 0 Å². The standard InChI is InChI=1S/C7H8O2S.Hg/c1-6-2-4-7(5-3-6)10(8)9;/h2-5H,1H3,(H,8,9);/p-1. The predicted molar refractivity (Wildman–Crippen MR) is 38.4 cm³/mol. The summed E-state index contributed by atoms with van der Waals surface area (Å²) < 4.78 is 20.6. The number of benzene rings is 1. The van der Waals surface area contributed by atoms with Gasteiger partial charge in [-0.05, 0) is 30.1 Å². The summed E-state index contributed by atoms with van der Waals surface area (Å²) in [6, 6.07) is 6.70. The van der Waals surface area contributed by atoms with Crippen LogP contribution in [0.15, 0.2) is 29.2 Å². The molecule has 0 spiro atoms. The third-order valence-corrected chi connectivity index (χ3v) is 1.87. The Balaban J connectivity index is 0.000001000. The van der Waals surface area contributed by atoms with Gasteiger partial charge in [-0.15, -0.1) is 0 Å². The fourth-order valence-corrected chi connectivity index (χ4v) is 1.01. The van der Waals surface area contributed by atoms with Crippen molar-refractivity contribution in [1.29, 1.82) is 0 Å². The van der Waals surface area contributed by atoms with Gasteiger partial charge >= 0.3 is 0 Å². The number of aryl methyl sites for hydroxylation is 1. The Kier molecular flexibility index (Phi) is 5.13. The van der Waals surface area contributed by atoms with Crippen molar-refractivity contribution >= 4 is 11.1 Å². The molecular formula is C7H7HgO2S-. The van der Waals surface area contributed by atoms with E-state index in [0.717, 1.165) is 5.56 Å². The Hall–Kier alpha value is 0.265. The smallest absolute Gasteiger partial charge is 0.0248 e. The molecule has 1 aromatic rings. The zero-order valence-corrected chi connectivity index (χ0v) is 12.6. The average molecular weight is 356 g/mol. The fourth-order valence-electron chi connectivity index (χ4n) is 0.649. The maximum atomic E-state index is 10.3. The maximum absolute atomic E-state index is 10.3. The summed E-state index contributed by atoms with van der Waals surface area (Å²) in [5.41, 5.74) is 1.06. The number of hydrogen-bond acceptors (Lipinski definition) is 2. The summed E-state index contributed by atoms with van der Waals surface area (Å²) in [5, 5.41) is 0. The molecule has 11 heavy (non-hydrogen) atoms. The van der Waals surface area contributed by atoms with Crippen molar-refractivity contribution in [3.63, 3.8) is 0 Å². The molecule has 1 atom stereocenters. The minimum Gasteiger partial charge on any atom is -0.768 e. The van der Waals surface area contributed by atoms with Crippen molar-refractivity contribution in [2.24, 2.45) is 0 Å². The SMILES string of the molecule is Cc1ccc(S(=O)[O-])cc1.[Hg]. The van der Waals surface area contributed by atoms with Crippen LogP contribution >= 0.6 is 0 Å². The molecule has 0 aliphatic carbocycles. The molecule has 0 amide bonds. The van der Waals surface area contributed by atoms with Crippen molar-refractivity contribution in [2.75, 3.05) is 0 Å². The van der Waals surface area contributed by atoms with Crippen LogP contribution in [0.4, 0.5) is 0 Å². The molecule has 0 fully saturated rings. The van der Waals surface area contributed by atoms with E-state index in [4.69, 9.17) is 0 Å². The van der Waals surface area contributed by atoms with Gasteiger partial charge in [-0.1, -0.05) is 17.7 Å². The Morgan fingerprint density at radius 2 is 1.73 bits per heavy atom. The van der Waals surface area contributed by atoms with E-state index in [-0.39, 0.29) is 27.7 Å². The molecule has 0 N–H and O–H groups in total. The molecule has 1 rings (SSSR count). The summed E-state index contributed by atoms with van der Waals surface area (Å²) in [7, 11) is 0. The summed E-state index contributed by atoms with van der Waals surface area (Å²) in [5.74, 6) is 0. The van der Waals surface area contributed by atoms with Crippen molar-refractivity contribution < 1.29 is 36.4 Å². The molecule has 0 radical (unpaired) electrons. The first-order chi connectivity index (χ1) is 4.70. The molecule has 0 aliphatic rings. The minimum absolute atomic E-state index is 0. The first-order valence-corrected chi connectivity index (χ1v) is 3.93. The molecule has 1 aromatic carbocycles. The molecule has 4 heteroatoms. The topological polar surface area (TPSA) is 40.1 Å². The van der Waals surface area contributed by atoms with E-state index in [9.17, 15) is 8.76 Å². The molecule has 0 saturated carbocycles. The van der Waals surface area contributed by atoms with Crippen LogP contribution in [0.25, 0.3) is 0 Å². The molecule has 1 unspecified atom stereocenters. The van der Waals surface area contributed by atoms with E-state index < -0.39 is 11.1 Å². The third-order valence-electron chi connectivity index (χ3n) is 1.21.